The standard InChI is InChI=1S/C20H30N2O2/c1-24-19-11-4-3-10-18(19)20(23)22-15-8-5-9-17(22)12-16-21-13-6-2-7-14-21/h3-4,10-11,17H,2,5-9,12-16H2,1H3/t17-/m0/s1. The quantitative estimate of drug-likeness (QED) is 0.827. The third kappa shape index (κ3) is 4.10. The molecule has 1 aromatic rings. The lowest BCUT2D eigenvalue weighted by atomic mass is 9.97. The number of hydrogen-bond donors (Lipinski definition) is 0. The first kappa shape index (κ1) is 17.3. The van der Waals surface area contributed by atoms with Crippen LogP contribution in [0, 0.1) is 0 Å². The molecule has 132 valence electrons. The van der Waals surface area contributed by atoms with Gasteiger partial charge in [-0.05, 0) is 63.7 Å². The molecule has 1 atom stereocenters. The molecule has 0 aromatic heterocycles. The van der Waals surface area contributed by atoms with E-state index in [1.807, 2.05) is 24.3 Å². The minimum atomic E-state index is 0.135. The number of para-hydroxylation sites is 1. The highest BCUT2D eigenvalue weighted by Crippen LogP contribution is 2.26. The number of rotatable bonds is 5. The molecule has 2 aliphatic heterocycles. The van der Waals surface area contributed by atoms with Crippen molar-refractivity contribution in [2.24, 2.45) is 0 Å². The maximum absolute atomic E-state index is 13.1. The Balaban J connectivity index is 1.65. The van der Waals surface area contributed by atoms with Gasteiger partial charge in [0.1, 0.15) is 5.75 Å². The van der Waals surface area contributed by atoms with E-state index in [0.29, 0.717) is 17.4 Å². The van der Waals surface area contributed by atoms with Gasteiger partial charge in [-0.3, -0.25) is 4.79 Å². The number of carbonyl (C=O) groups is 1. The van der Waals surface area contributed by atoms with Gasteiger partial charge in [0, 0.05) is 19.1 Å². The first-order chi connectivity index (χ1) is 11.8. The summed E-state index contributed by atoms with van der Waals surface area (Å²) < 4.78 is 5.39. The van der Waals surface area contributed by atoms with Crippen LogP contribution in [-0.4, -0.2) is 55.0 Å². The van der Waals surface area contributed by atoms with Gasteiger partial charge in [0.25, 0.3) is 5.91 Å². The first-order valence-corrected chi connectivity index (χ1v) is 9.46. The Hall–Kier alpha value is -1.55. The number of benzene rings is 1. The molecule has 0 N–H and O–H groups in total. The van der Waals surface area contributed by atoms with Crippen LogP contribution in [0.5, 0.6) is 5.75 Å². The summed E-state index contributed by atoms with van der Waals surface area (Å²) in [5.41, 5.74) is 0.699. The Morgan fingerprint density at radius 3 is 2.62 bits per heavy atom. The maximum Gasteiger partial charge on any atom is 0.257 e. The summed E-state index contributed by atoms with van der Waals surface area (Å²) in [6.07, 6.45) is 8.61. The average Bonchev–Trinajstić information content (AvgIpc) is 2.67. The van der Waals surface area contributed by atoms with Crippen LogP contribution in [0.2, 0.25) is 0 Å². The van der Waals surface area contributed by atoms with Gasteiger partial charge in [-0.2, -0.15) is 0 Å². The van der Waals surface area contributed by atoms with E-state index in [9.17, 15) is 4.79 Å². The van der Waals surface area contributed by atoms with E-state index in [1.54, 1.807) is 7.11 Å². The lowest BCUT2D eigenvalue weighted by Gasteiger charge is -2.37. The van der Waals surface area contributed by atoms with Crippen LogP contribution in [0.3, 0.4) is 0 Å². The van der Waals surface area contributed by atoms with Crippen molar-refractivity contribution in [2.45, 2.75) is 51.0 Å². The number of methoxy groups -OCH3 is 1. The summed E-state index contributed by atoms with van der Waals surface area (Å²) in [4.78, 5) is 17.7. The Morgan fingerprint density at radius 1 is 1.08 bits per heavy atom. The fraction of sp³-hybridized carbons (Fsp3) is 0.650. The van der Waals surface area contributed by atoms with Crippen LogP contribution >= 0.6 is 0 Å². The van der Waals surface area contributed by atoms with Crippen LogP contribution in [-0.2, 0) is 0 Å². The van der Waals surface area contributed by atoms with Crippen LogP contribution in [0.25, 0.3) is 0 Å². The number of ether oxygens (including phenoxy) is 1. The molecule has 2 fully saturated rings. The third-order valence-corrected chi connectivity index (χ3v) is 5.45. The van der Waals surface area contributed by atoms with Crippen LogP contribution in [0.4, 0.5) is 0 Å². The number of carbonyl (C=O) groups excluding carboxylic acids is 1. The van der Waals surface area contributed by atoms with Crippen molar-refractivity contribution in [3.63, 3.8) is 0 Å². The van der Waals surface area contributed by atoms with Crippen molar-refractivity contribution in [2.75, 3.05) is 33.3 Å². The summed E-state index contributed by atoms with van der Waals surface area (Å²) in [6.45, 7) is 4.46. The molecule has 0 radical (unpaired) electrons. The molecule has 4 nitrogen and oxygen atoms in total. The minimum absolute atomic E-state index is 0.135. The van der Waals surface area contributed by atoms with E-state index in [2.05, 4.69) is 9.80 Å². The topological polar surface area (TPSA) is 32.8 Å². The predicted molar refractivity (Wildman–Crippen MR) is 96.6 cm³/mol. The van der Waals surface area contributed by atoms with Crippen molar-refractivity contribution >= 4 is 5.91 Å². The summed E-state index contributed by atoms with van der Waals surface area (Å²) >= 11 is 0. The number of nitrogens with zero attached hydrogens (tertiary/aromatic N) is 2. The van der Waals surface area contributed by atoms with Gasteiger partial charge in [0.15, 0.2) is 0 Å². The molecule has 0 saturated carbocycles. The van der Waals surface area contributed by atoms with Crippen LogP contribution in [0.15, 0.2) is 24.3 Å². The van der Waals surface area contributed by atoms with Crippen LogP contribution in [0.1, 0.15) is 55.3 Å². The SMILES string of the molecule is COc1ccccc1C(=O)N1CCCC[C@H]1CCN1CCCCC1. The monoisotopic (exact) mass is 330 g/mol. The Labute approximate surface area is 145 Å². The molecule has 0 spiro atoms. The summed E-state index contributed by atoms with van der Waals surface area (Å²) in [6, 6.07) is 7.97. The van der Waals surface area contributed by atoms with E-state index in [-0.39, 0.29) is 5.91 Å². The fourth-order valence-electron chi connectivity index (χ4n) is 4.06. The van der Waals surface area contributed by atoms with Crippen molar-refractivity contribution < 1.29 is 9.53 Å². The van der Waals surface area contributed by atoms with Gasteiger partial charge < -0.3 is 14.5 Å². The Morgan fingerprint density at radius 2 is 1.83 bits per heavy atom. The van der Waals surface area contributed by atoms with E-state index >= 15 is 0 Å². The fourth-order valence-corrected chi connectivity index (χ4v) is 4.06. The van der Waals surface area contributed by atoms with E-state index in [1.165, 1.54) is 38.8 Å². The minimum Gasteiger partial charge on any atom is -0.496 e. The van der Waals surface area contributed by atoms with E-state index < -0.39 is 0 Å². The number of likely N-dealkylation sites (tertiary alicyclic amines) is 2. The summed E-state index contributed by atoms with van der Waals surface area (Å²) in [7, 11) is 1.64. The molecule has 3 rings (SSSR count). The van der Waals surface area contributed by atoms with Crippen molar-refractivity contribution in [1.82, 2.24) is 9.80 Å². The molecule has 24 heavy (non-hydrogen) atoms. The number of amides is 1. The molecule has 1 aromatic carbocycles. The zero-order valence-corrected chi connectivity index (χ0v) is 14.9. The number of hydrogen-bond acceptors (Lipinski definition) is 3. The third-order valence-electron chi connectivity index (χ3n) is 5.45. The zero-order valence-electron chi connectivity index (χ0n) is 14.9. The highest BCUT2D eigenvalue weighted by molar-refractivity contribution is 5.97. The zero-order chi connectivity index (χ0) is 16.8. The second kappa shape index (κ2) is 8.52. The molecular weight excluding hydrogens is 300 g/mol. The lowest BCUT2D eigenvalue weighted by Crippen LogP contribution is -2.45. The van der Waals surface area contributed by atoms with Gasteiger partial charge in [-0.1, -0.05) is 18.6 Å². The average molecular weight is 330 g/mol. The first-order valence-electron chi connectivity index (χ1n) is 9.46. The number of piperidine rings is 2. The molecule has 2 heterocycles. The van der Waals surface area contributed by atoms with E-state index in [0.717, 1.165) is 32.4 Å². The highest BCUT2D eigenvalue weighted by Gasteiger charge is 2.29. The molecule has 2 aliphatic rings. The predicted octanol–water partition coefficient (Wildman–Crippen LogP) is 3.57. The summed E-state index contributed by atoms with van der Waals surface area (Å²) in [5.74, 6) is 0.818. The van der Waals surface area contributed by atoms with Gasteiger partial charge in [0.2, 0.25) is 0 Å². The Kier molecular flexibility index (Phi) is 6.13. The second-order valence-electron chi connectivity index (χ2n) is 7.04. The van der Waals surface area contributed by atoms with Crippen molar-refractivity contribution in [3.8, 4) is 5.75 Å². The molecule has 0 bridgehead atoms. The molecular formula is C20H30N2O2. The van der Waals surface area contributed by atoms with Crippen LogP contribution < -0.4 is 4.74 Å². The largest absolute Gasteiger partial charge is 0.496 e. The van der Waals surface area contributed by atoms with Gasteiger partial charge in [-0.25, -0.2) is 0 Å². The van der Waals surface area contributed by atoms with E-state index in [4.69, 9.17) is 4.74 Å². The van der Waals surface area contributed by atoms with Gasteiger partial charge >= 0.3 is 0 Å². The molecule has 2 saturated heterocycles. The van der Waals surface area contributed by atoms with Gasteiger partial charge in [-0.15, -0.1) is 0 Å². The lowest BCUT2D eigenvalue weighted by molar-refractivity contribution is 0.0576. The molecule has 0 unspecified atom stereocenters. The molecule has 1 amide bonds. The van der Waals surface area contributed by atoms with Gasteiger partial charge in [0.05, 0.1) is 12.7 Å². The normalized spacial score (nSPS) is 22.4. The molecule has 4 heteroatoms. The molecule has 0 aliphatic carbocycles. The van der Waals surface area contributed by atoms with Crippen molar-refractivity contribution in [1.29, 1.82) is 0 Å². The highest BCUT2D eigenvalue weighted by atomic mass is 16.5. The summed E-state index contributed by atoms with van der Waals surface area (Å²) in [5, 5.41) is 0. The Bertz CT molecular complexity index is 540. The second-order valence-corrected chi connectivity index (χ2v) is 7.04. The smallest absolute Gasteiger partial charge is 0.257 e. The van der Waals surface area contributed by atoms with Crippen molar-refractivity contribution in [3.05, 3.63) is 29.8 Å². The maximum atomic E-state index is 13.1.